The second kappa shape index (κ2) is 96.9. The highest BCUT2D eigenvalue weighted by Crippen LogP contribution is 2.45. The monoisotopic (exact) mass is 1780 g/mol. The van der Waals surface area contributed by atoms with E-state index < -0.39 is 91.5 Å². The fraction of sp³-hybridized carbons (Fsp3) is 0.636. The molecule has 0 spiro atoms. The van der Waals surface area contributed by atoms with Crippen LogP contribution in [0.15, 0.2) is 219 Å². The maximum absolute atomic E-state index is 13.1. The first-order valence-corrected chi connectivity index (χ1v) is 52.0. The molecular weight excluding hydrogens is 1600 g/mol. The van der Waals surface area contributed by atoms with Gasteiger partial charge < -0.3 is 34.2 Å². The Morgan fingerprint density at radius 2 is 0.400 bits per heavy atom. The van der Waals surface area contributed by atoms with Crippen LogP contribution in [0.1, 0.15) is 380 Å². The molecule has 18 heteroatoms. The smallest absolute Gasteiger partial charge is 0.463 e. The highest BCUT2D eigenvalue weighted by atomic mass is 31.2. The standard InChI is InChI=1S/C107H176O16P2/c1-4-7-10-13-16-19-22-25-28-31-34-37-40-43-46-49-50-53-55-57-60-63-66-69-72-75-78-81-84-87-90-93-105(110)117-96-102(108)97-119-124(113,114)120-98-103(109)99-121-125(115,116)122-101-104(123-107(112)95-92-89-86-83-80-77-74-71-68-65-62-59-56-52-48-45-42-39-36-33-30-27-24-21-18-15-12-9-6-3)100-118-106(111)94-91-88-85-82-79-76-73-70-67-64-61-58-54-51-47-44-41-38-35-32-29-26-23-20-17-14-11-8-5-2/h7-12,16-21,25-30,34-39,43-48,50,53-54,56,58-59,102-104,108-109H,4-6,13-15,22-24,31-33,40-42,49,51-52,55,57,60-101H2,1-3H3,(H,113,114)(H,115,116)/b10-7-,11-8-,12-9-,19-16-,20-17-,21-18-,28-25-,29-26-,30-27-,37-34-,38-35-,39-36-,46-43-,47-44-,48-45-,53-50-,58-54-,59-56-. The number of carbonyl (C=O) groups is 3. The lowest BCUT2D eigenvalue weighted by atomic mass is 10.0. The molecule has 5 atom stereocenters. The first-order valence-electron chi connectivity index (χ1n) is 49.0. The first-order chi connectivity index (χ1) is 61.2. The van der Waals surface area contributed by atoms with Crippen molar-refractivity contribution in [1.29, 1.82) is 0 Å². The molecule has 0 amide bonds. The molecule has 0 aliphatic rings. The van der Waals surface area contributed by atoms with Gasteiger partial charge in [0.2, 0.25) is 0 Å². The van der Waals surface area contributed by atoms with E-state index in [1.165, 1.54) is 116 Å². The number of aliphatic hydroxyl groups is 2. The van der Waals surface area contributed by atoms with Crippen LogP contribution in [0.5, 0.6) is 0 Å². The largest absolute Gasteiger partial charge is 0.472 e. The number of aliphatic hydroxyl groups excluding tert-OH is 2. The van der Waals surface area contributed by atoms with Crippen molar-refractivity contribution in [2.24, 2.45) is 0 Å². The van der Waals surface area contributed by atoms with Gasteiger partial charge in [0.15, 0.2) is 6.10 Å². The zero-order valence-corrected chi connectivity index (χ0v) is 80.2. The van der Waals surface area contributed by atoms with E-state index in [4.69, 9.17) is 32.3 Å². The van der Waals surface area contributed by atoms with Crippen molar-refractivity contribution in [3.63, 3.8) is 0 Å². The molecule has 0 saturated carbocycles. The minimum Gasteiger partial charge on any atom is -0.463 e. The van der Waals surface area contributed by atoms with Gasteiger partial charge in [-0.1, -0.05) is 406 Å². The molecule has 4 N–H and O–H groups in total. The van der Waals surface area contributed by atoms with Crippen molar-refractivity contribution in [2.45, 2.75) is 399 Å². The Hall–Kier alpha value is -6.13. The Bertz CT molecular complexity index is 3150. The molecular formula is C107H176O16P2. The fourth-order valence-electron chi connectivity index (χ4n) is 12.9. The van der Waals surface area contributed by atoms with Gasteiger partial charge in [0.1, 0.15) is 25.4 Å². The van der Waals surface area contributed by atoms with Crippen LogP contribution in [0.4, 0.5) is 0 Å². The fourth-order valence-corrected chi connectivity index (χ4v) is 14.5. The third-order valence-electron chi connectivity index (χ3n) is 20.2. The summed E-state index contributed by atoms with van der Waals surface area (Å²) in [7, 11) is -9.83. The molecule has 0 radical (unpaired) electrons. The molecule has 0 rings (SSSR count). The van der Waals surface area contributed by atoms with Crippen LogP contribution in [0.3, 0.4) is 0 Å². The zero-order chi connectivity index (χ0) is 90.7. The Kier molecular flexibility index (Phi) is 92.2. The summed E-state index contributed by atoms with van der Waals surface area (Å²) < 4.78 is 61.6. The minimum absolute atomic E-state index is 0.0901. The van der Waals surface area contributed by atoms with Gasteiger partial charge in [-0.2, -0.15) is 0 Å². The SMILES string of the molecule is CC/C=C\C/C=C\C/C=C\C/C=C\C/C=C\C/C=C\CCCCCCCCCCCCCCC(=O)OCC(O)COP(=O)(O)OCC(O)COP(=O)(O)OCC(COC(=O)CCCCCCCCCCCC/C=C\C/C=C\C/C=C\C/C=C\C/C=C\C/C=C\CC)OC(=O)CCCCCCCCCCCC/C=C\C/C=C\C/C=C\C/C=C\C/C=C\C/C=C\CC. The van der Waals surface area contributed by atoms with E-state index in [0.29, 0.717) is 19.3 Å². The lowest BCUT2D eigenvalue weighted by molar-refractivity contribution is -0.161. The molecule has 0 bridgehead atoms. The van der Waals surface area contributed by atoms with Crippen molar-refractivity contribution in [3.8, 4) is 0 Å². The number of esters is 3. The van der Waals surface area contributed by atoms with Crippen molar-refractivity contribution in [3.05, 3.63) is 219 Å². The molecule has 0 saturated heterocycles. The van der Waals surface area contributed by atoms with Gasteiger partial charge in [-0.3, -0.25) is 32.5 Å². The predicted molar refractivity (Wildman–Crippen MR) is 527 cm³/mol. The van der Waals surface area contributed by atoms with Crippen molar-refractivity contribution < 1.29 is 75.8 Å². The summed E-state index contributed by atoms with van der Waals surface area (Å²) in [5, 5.41) is 20.8. The van der Waals surface area contributed by atoms with E-state index in [-0.39, 0.29) is 19.3 Å². The van der Waals surface area contributed by atoms with Crippen LogP contribution in [-0.4, -0.2) is 95.9 Å². The van der Waals surface area contributed by atoms with Gasteiger partial charge in [0.25, 0.3) is 0 Å². The number of allylic oxidation sites excluding steroid dienone is 36. The van der Waals surface area contributed by atoms with Gasteiger partial charge in [-0.25, -0.2) is 9.13 Å². The summed E-state index contributed by atoms with van der Waals surface area (Å²) >= 11 is 0. The topological polar surface area (TPSA) is 231 Å². The second-order valence-corrected chi connectivity index (χ2v) is 35.0. The molecule has 0 fully saturated rings. The molecule has 710 valence electrons. The van der Waals surface area contributed by atoms with Crippen molar-refractivity contribution >= 4 is 33.6 Å². The number of carbonyl (C=O) groups excluding carboxylic acids is 3. The number of rotatable bonds is 91. The van der Waals surface area contributed by atoms with Gasteiger partial charge in [0, 0.05) is 19.3 Å². The number of phosphoric acid groups is 2. The number of phosphoric ester groups is 2. The van der Waals surface area contributed by atoms with Crippen LogP contribution in [-0.2, 0) is 55.8 Å². The van der Waals surface area contributed by atoms with E-state index in [9.17, 15) is 43.5 Å². The lowest BCUT2D eigenvalue weighted by Crippen LogP contribution is -2.30. The van der Waals surface area contributed by atoms with Crippen LogP contribution < -0.4 is 0 Å². The van der Waals surface area contributed by atoms with Gasteiger partial charge in [-0.05, 0) is 173 Å². The Balaban J connectivity index is 4.69. The molecule has 16 nitrogen and oxygen atoms in total. The van der Waals surface area contributed by atoms with E-state index in [2.05, 4.69) is 240 Å². The minimum atomic E-state index is -4.96. The third-order valence-corrected chi connectivity index (χ3v) is 22.1. The Morgan fingerprint density at radius 3 is 0.632 bits per heavy atom. The summed E-state index contributed by atoms with van der Waals surface area (Å²) in [5.74, 6) is -1.59. The van der Waals surface area contributed by atoms with Crippen LogP contribution in [0, 0.1) is 0 Å². The normalized spacial score (nSPS) is 14.6. The summed E-state index contributed by atoms with van der Waals surface area (Å²) in [5.41, 5.74) is 0. The zero-order valence-electron chi connectivity index (χ0n) is 78.4. The first kappa shape index (κ1) is 119. The van der Waals surface area contributed by atoms with Gasteiger partial charge in [-0.15, -0.1) is 0 Å². The quantitative estimate of drug-likeness (QED) is 0.0146. The molecule has 0 heterocycles. The van der Waals surface area contributed by atoms with E-state index in [1.807, 2.05) is 0 Å². The van der Waals surface area contributed by atoms with E-state index >= 15 is 0 Å². The van der Waals surface area contributed by atoms with E-state index in [0.717, 1.165) is 205 Å². The molecule has 0 aromatic rings. The van der Waals surface area contributed by atoms with Crippen molar-refractivity contribution in [1.82, 2.24) is 0 Å². The molecule has 5 unspecified atom stereocenters. The highest BCUT2D eigenvalue weighted by molar-refractivity contribution is 7.47. The van der Waals surface area contributed by atoms with Crippen LogP contribution >= 0.6 is 15.6 Å². The summed E-state index contributed by atoms with van der Waals surface area (Å²) in [4.78, 5) is 59.2. The molecule has 125 heavy (non-hydrogen) atoms. The lowest BCUT2D eigenvalue weighted by Gasteiger charge is -2.21. The summed E-state index contributed by atoms with van der Waals surface area (Å²) in [6.45, 7) is 2.36. The highest BCUT2D eigenvalue weighted by Gasteiger charge is 2.30. The van der Waals surface area contributed by atoms with E-state index in [1.54, 1.807) is 0 Å². The predicted octanol–water partition coefficient (Wildman–Crippen LogP) is 30.9. The number of unbranched alkanes of at least 4 members (excludes halogenated alkanes) is 32. The average molecular weight is 1780 g/mol. The Morgan fingerprint density at radius 1 is 0.224 bits per heavy atom. The van der Waals surface area contributed by atoms with Gasteiger partial charge in [0.05, 0.1) is 26.4 Å². The molecule has 0 aromatic carbocycles. The molecule has 0 aliphatic carbocycles. The van der Waals surface area contributed by atoms with Crippen molar-refractivity contribution in [2.75, 3.05) is 39.6 Å². The maximum Gasteiger partial charge on any atom is 0.472 e. The van der Waals surface area contributed by atoms with Gasteiger partial charge >= 0.3 is 33.6 Å². The summed E-state index contributed by atoms with van der Waals surface area (Å²) in [6.07, 6.45) is 133. The van der Waals surface area contributed by atoms with Crippen LogP contribution in [0.2, 0.25) is 0 Å². The number of hydrogen-bond acceptors (Lipinski definition) is 14. The summed E-state index contributed by atoms with van der Waals surface area (Å²) in [6, 6.07) is 0. The third kappa shape index (κ3) is 98.3. The number of hydrogen-bond donors (Lipinski definition) is 4. The average Bonchev–Trinajstić information content (AvgIpc) is 0.898. The Labute approximate surface area is 762 Å². The van der Waals surface area contributed by atoms with Crippen LogP contribution in [0.25, 0.3) is 0 Å². The number of ether oxygens (including phenoxy) is 3. The maximum atomic E-state index is 13.1. The second-order valence-electron chi connectivity index (χ2n) is 32.1. The molecule has 0 aromatic heterocycles. The molecule has 0 aliphatic heterocycles.